The number of rotatable bonds is 2. The zero-order valence-electron chi connectivity index (χ0n) is 29.5. The molecule has 258 valence electrons. The van der Waals surface area contributed by atoms with Crippen LogP contribution in [0.15, 0.2) is 135 Å². The number of hydrogen-bond acceptors (Lipinski definition) is 4. The van der Waals surface area contributed by atoms with Gasteiger partial charge in [0, 0.05) is 56.7 Å². The average molecular weight is 691 g/mol. The molecule has 7 aliphatic rings. The molecule has 5 aromatic rings. The number of ether oxygens (including phenoxy) is 2. The van der Waals surface area contributed by atoms with Gasteiger partial charge in [-0.15, -0.1) is 0 Å². The summed E-state index contributed by atoms with van der Waals surface area (Å²) in [6, 6.07) is 22.0. The van der Waals surface area contributed by atoms with Crippen molar-refractivity contribution < 1.29 is 18.3 Å². The number of hydrogen-bond donors (Lipinski definition) is 0. The van der Waals surface area contributed by atoms with E-state index >= 15 is 0 Å². The normalized spacial score (nSPS) is 23.0. The minimum atomic E-state index is -0.543. The summed E-state index contributed by atoms with van der Waals surface area (Å²) in [6.45, 7) is 0. The van der Waals surface area contributed by atoms with Gasteiger partial charge < -0.3 is 18.3 Å². The molecule has 0 saturated carbocycles. The molecule has 12 rings (SSSR count). The number of para-hydroxylation sites is 2. The summed E-state index contributed by atoms with van der Waals surface area (Å²) in [7, 11) is 0. The number of aryl methyl sites for hydroxylation is 1. The highest BCUT2D eigenvalue weighted by Gasteiger charge is 2.53. The van der Waals surface area contributed by atoms with Crippen LogP contribution < -0.4 is 9.47 Å². The molecule has 5 aliphatic carbocycles. The van der Waals surface area contributed by atoms with Crippen molar-refractivity contribution in [2.45, 2.75) is 63.2 Å². The lowest BCUT2D eigenvalue weighted by Gasteiger charge is -2.48. The summed E-state index contributed by atoms with van der Waals surface area (Å²) in [6.07, 6.45) is 29.4. The van der Waals surface area contributed by atoms with Crippen molar-refractivity contribution >= 4 is 28.7 Å². The fourth-order valence-electron chi connectivity index (χ4n) is 10.4. The maximum Gasteiger partial charge on any atom is 0.142 e. The van der Waals surface area contributed by atoms with Gasteiger partial charge in [-0.3, -0.25) is 0 Å². The van der Waals surface area contributed by atoms with E-state index in [-0.39, 0.29) is 5.92 Å². The number of benzene rings is 3. The van der Waals surface area contributed by atoms with Crippen molar-refractivity contribution in [1.29, 1.82) is 0 Å². The molecule has 2 atom stereocenters. The predicted molar refractivity (Wildman–Crippen MR) is 210 cm³/mol. The van der Waals surface area contributed by atoms with Gasteiger partial charge in [0.15, 0.2) is 0 Å². The fraction of sp³-hybridized carbons (Fsp3) is 0.224. The Morgan fingerprint density at radius 3 is 2.40 bits per heavy atom. The van der Waals surface area contributed by atoms with Crippen molar-refractivity contribution in [3.8, 4) is 22.6 Å². The molecule has 0 bridgehead atoms. The van der Waals surface area contributed by atoms with Gasteiger partial charge in [-0.25, -0.2) is 0 Å². The van der Waals surface area contributed by atoms with E-state index in [0.717, 1.165) is 115 Å². The molecule has 4 heteroatoms. The Labute approximate surface area is 308 Å². The monoisotopic (exact) mass is 690 g/mol. The SMILES string of the molecule is C1=CC2=C(CC1)C1(C3=C(CC(C4=CCCc5c4oc4c5CCC=C4)C=C3)Oc3ccccc31)c1ccc(-c3cccc4c5c(oc34)C=CCC5)cc1O2. The zero-order chi connectivity index (χ0) is 34.7. The number of allylic oxidation sites excluding steroid dienone is 11. The average Bonchev–Trinajstić information content (AvgIpc) is 3.79. The third-order valence-corrected chi connectivity index (χ3v) is 12.7. The van der Waals surface area contributed by atoms with Crippen LogP contribution in [0.5, 0.6) is 11.5 Å². The quantitative estimate of drug-likeness (QED) is 0.185. The zero-order valence-corrected chi connectivity index (χ0v) is 29.5. The van der Waals surface area contributed by atoms with Crippen LogP contribution in [0.25, 0.3) is 39.8 Å². The fourth-order valence-corrected chi connectivity index (χ4v) is 10.4. The topological polar surface area (TPSA) is 44.7 Å². The van der Waals surface area contributed by atoms with E-state index in [0.29, 0.717) is 0 Å². The van der Waals surface area contributed by atoms with Crippen molar-refractivity contribution in [3.05, 3.63) is 171 Å². The van der Waals surface area contributed by atoms with Gasteiger partial charge in [0.25, 0.3) is 0 Å². The van der Waals surface area contributed by atoms with Gasteiger partial charge >= 0.3 is 0 Å². The van der Waals surface area contributed by atoms with Gasteiger partial charge in [-0.05, 0) is 98.4 Å². The lowest BCUT2D eigenvalue weighted by molar-refractivity contribution is 0.331. The van der Waals surface area contributed by atoms with Crippen LogP contribution >= 0.6 is 0 Å². The smallest absolute Gasteiger partial charge is 0.142 e. The van der Waals surface area contributed by atoms with Crippen LogP contribution in [0.4, 0.5) is 0 Å². The van der Waals surface area contributed by atoms with E-state index in [1.54, 1.807) is 0 Å². The number of furan rings is 2. The Morgan fingerprint density at radius 1 is 0.642 bits per heavy atom. The second-order valence-electron chi connectivity index (χ2n) is 15.4. The van der Waals surface area contributed by atoms with Crippen molar-refractivity contribution in [3.63, 3.8) is 0 Å². The lowest BCUT2D eigenvalue weighted by Crippen LogP contribution is -2.41. The Balaban J connectivity index is 1.02. The molecule has 1 spiro atoms. The van der Waals surface area contributed by atoms with Crippen LogP contribution in [-0.2, 0) is 24.7 Å². The standard InChI is InChI=1S/C49H38O4/c1-5-19-41-33(11-1)35-15-9-13-31(47(35)52-41)29-23-25-39-45(27-29)50-43-21-7-3-17-37(43)49(39)38-18-4-8-22-44(38)51-46-28-30(24-26-40(46)49)32-14-10-16-36-34-12-2-6-20-42(34)53-48(32)36/h3,5-8,10,13-14,16-17,19-26,28-29H,1-2,4,9,11-12,15,18,27H2. The molecule has 0 N–H and O–H groups in total. The maximum atomic E-state index is 6.99. The minimum absolute atomic E-state index is 0.169. The van der Waals surface area contributed by atoms with Crippen molar-refractivity contribution in [2.75, 3.05) is 0 Å². The van der Waals surface area contributed by atoms with E-state index in [1.807, 2.05) is 0 Å². The molecule has 0 radical (unpaired) electrons. The summed E-state index contributed by atoms with van der Waals surface area (Å²) >= 11 is 0. The van der Waals surface area contributed by atoms with Crippen molar-refractivity contribution in [1.82, 2.24) is 0 Å². The molecule has 0 amide bonds. The molecular weight excluding hydrogens is 653 g/mol. The Morgan fingerprint density at radius 2 is 1.45 bits per heavy atom. The first-order chi connectivity index (χ1) is 26.3. The molecular formula is C49H38O4. The highest BCUT2D eigenvalue weighted by Crippen LogP contribution is 2.61. The molecule has 4 heterocycles. The highest BCUT2D eigenvalue weighted by atomic mass is 16.5. The summed E-state index contributed by atoms with van der Waals surface area (Å²) < 4.78 is 27.1. The van der Waals surface area contributed by atoms with Gasteiger partial charge in [-0.1, -0.05) is 85.0 Å². The van der Waals surface area contributed by atoms with Crippen LogP contribution in [0, 0.1) is 5.92 Å². The van der Waals surface area contributed by atoms with E-state index < -0.39 is 5.41 Å². The molecule has 3 aromatic carbocycles. The van der Waals surface area contributed by atoms with Gasteiger partial charge in [0.1, 0.15) is 45.9 Å². The van der Waals surface area contributed by atoms with Gasteiger partial charge in [0.2, 0.25) is 0 Å². The molecule has 4 nitrogen and oxygen atoms in total. The first kappa shape index (κ1) is 29.8. The van der Waals surface area contributed by atoms with Gasteiger partial charge in [0.05, 0.1) is 5.41 Å². The second-order valence-corrected chi connectivity index (χ2v) is 15.4. The van der Waals surface area contributed by atoms with Crippen LogP contribution in [0.1, 0.15) is 83.6 Å². The van der Waals surface area contributed by atoms with Crippen LogP contribution in [0.2, 0.25) is 0 Å². The third kappa shape index (κ3) is 4.12. The molecule has 0 fully saturated rings. The molecule has 2 aliphatic heterocycles. The van der Waals surface area contributed by atoms with Crippen LogP contribution in [-0.4, -0.2) is 0 Å². The Hall–Kier alpha value is -5.74. The molecule has 2 aromatic heterocycles. The first-order valence-corrected chi connectivity index (χ1v) is 19.4. The first-order valence-electron chi connectivity index (χ1n) is 19.4. The molecule has 2 unspecified atom stereocenters. The Kier molecular flexibility index (Phi) is 6.26. The third-order valence-electron chi connectivity index (χ3n) is 12.7. The van der Waals surface area contributed by atoms with E-state index in [1.165, 1.54) is 49.9 Å². The minimum Gasteiger partial charge on any atom is -0.461 e. The Bertz CT molecular complexity index is 2660. The summed E-state index contributed by atoms with van der Waals surface area (Å²) in [5.41, 5.74) is 12.9. The summed E-state index contributed by atoms with van der Waals surface area (Å²) in [4.78, 5) is 0. The summed E-state index contributed by atoms with van der Waals surface area (Å²) in [5, 5.41) is 1.21. The van der Waals surface area contributed by atoms with Crippen LogP contribution in [0.3, 0.4) is 0 Å². The van der Waals surface area contributed by atoms with Gasteiger partial charge in [-0.2, -0.15) is 0 Å². The predicted octanol–water partition coefficient (Wildman–Crippen LogP) is 12.1. The summed E-state index contributed by atoms with van der Waals surface area (Å²) in [5.74, 6) is 7.10. The maximum absolute atomic E-state index is 6.99. The van der Waals surface area contributed by atoms with E-state index in [2.05, 4.69) is 115 Å². The lowest BCUT2D eigenvalue weighted by atomic mass is 9.58. The van der Waals surface area contributed by atoms with E-state index in [4.69, 9.17) is 18.3 Å². The largest absolute Gasteiger partial charge is 0.461 e. The highest BCUT2D eigenvalue weighted by molar-refractivity contribution is 5.97. The van der Waals surface area contributed by atoms with Crippen molar-refractivity contribution in [2.24, 2.45) is 5.92 Å². The molecule has 53 heavy (non-hydrogen) atoms. The number of fused-ring (bicyclic) bond motifs is 12. The second kappa shape index (κ2) is 11.1. The van der Waals surface area contributed by atoms with E-state index in [9.17, 15) is 0 Å². The molecule has 0 saturated heterocycles.